The Labute approximate surface area is 224 Å². The number of benzene rings is 3. The highest BCUT2D eigenvalue weighted by Gasteiger charge is 2.13. The van der Waals surface area contributed by atoms with E-state index >= 15 is 0 Å². The standard InChI is InChI=1S/C31H36N2O5/c1-21-9-18-27(22(2)19-21)33-29(35)20-37-30(36)8-6-7-28(34)32-24-12-16-26(17-13-24)38-25-14-10-23(11-15-25)31(3,4)5/h9-19H,6-8,20H2,1-5H3,(H,32,34)(H,33,35). The van der Waals surface area contributed by atoms with Gasteiger partial charge in [-0.1, -0.05) is 50.6 Å². The number of amides is 2. The van der Waals surface area contributed by atoms with Gasteiger partial charge in [0.15, 0.2) is 6.61 Å². The van der Waals surface area contributed by atoms with E-state index in [2.05, 4.69) is 43.5 Å². The van der Waals surface area contributed by atoms with Crippen LogP contribution in [0.2, 0.25) is 0 Å². The van der Waals surface area contributed by atoms with Gasteiger partial charge in [-0.2, -0.15) is 0 Å². The Morgan fingerprint density at radius 1 is 0.763 bits per heavy atom. The summed E-state index contributed by atoms with van der Waals surface area (Å²) in [5.74, 6) is 0.264. The monoisotopic (exact) mass is 516 g/mol. The van der Waals surface area contributed by atoms with E-state index in [9.17, 15) is 14.4 Å². The van der Waals surface area contributed by atoms with E-state index in [1.165, 1.54) is 5.56 Å². The third-order valence-electron chi connectivity index (χ3n) is 5.90. The highest BCUT2D eigenvalue weighted by molar-refractivity contribution is 5.93. The maximum atomic E-state index is 12.2. The Hall–Kier alpha value is -4.13. The number of anilines is 2. The lowest BCUT2D eigenvalue weighted by atomic mass is 9.87. The van der Waals surface area contributed by atoms with Crippen LogP contribution < -0.4 is 15.4 Å². The van der Waals surface area contributed by atoms with Crippen LogP contribution in [0.1, 0.15) is 56.7 Å². The third kappa shape index (κ3) is 9.07. The lowest BCUT2D eigenvalue weighted by Gasteiger charge is -2.19. The van der Waals surface area contributed by atoms with Gasteiger partial charge < -0.3 is 20.1 Å². The molecule has 2 amide bonds. The van der Waals surface area contributed by atoms with Gasteiger partial charge in [-0.05, 0) is 79.3 Å². The maximum Gasteiger partial charge on any atom is 0.306 e. The summed E-state index contributed by atoms with van der Waals surface area (Å²) in [6.07, 6.45) is 0.516. The lowest BCUT2D eigenvalue weighted by Crippen LogP contribution is -2.21. The smallest absolute Gasteiger partial charge is 0.306 e. The van der Waals surface area contributed by atoms with E-state index in [4.69, 9.17) is 9.47 Å². The van der Waals surface area contributed by atoms with Crippen molar-refractivity contribution in [1.82, 2.24) is 0 Å². The number of nitrogens with one attached hydrogen (secondary N) is 2. The molecule has 0 spiro atoms. The number of hydrogen-bond donors (Lipinski definition) is 2. The fourth-order valence-corrected chi connectivity index (χ4v) is 3.74. The zero-order chi connectivity index (χ0) is 27.7. The Morgan fingerprint density at radius 2 is 1.39 bits per heavy atom. The minimum absolute atomic E-state index is 0.0467. The van der Waals surface area contributed by atoms with E-state index in [-0.39, 0.29) is 30.8 Å². The van der Waals surface area contributed by atoms with Crippen LogP contribution in [-0.2, 0) is 24.5 Å². The highest BCUT2D eigenvalue weighted by Crippen LogP contribution is 2.27. The molecule has 7 heteroatoms. The molecular formula is C31H36N2O5. The van der Waals surface area contributed by atoms with Crippen LogP contribution >= 0.6 is 0 Å². The second-order valence-electron chi connectivity index (χ2n) is 10.3. The van der Waals surface area contributed by atoms with Gasteiger partial charge in [-0.15, -0.1) is 0 Å². The van der Waals surface area contributed by atoms with Crippen molar-refractivity contribution in [2.24, 2.45) is 0 Å². The normalized spacial score (nSPS) is 11.0. The molecule has 0 saturated carbocycles. The molecule has 0 aliphatic carbocycles. The van der Waals surface area contributed by atoms with Gasteiger partial charge in [0.25, 0.3) is 5.91 Å². The van der Waals surface area contributed by atoms with Gasteiger partial charge in [-0.25, -0.2) is 0 Å². The third-order valence-corrected chi connectivity index (χ3v) is 5.90. The lowest BCUT2D eigenvalue weighted by molar-refractivity contribution is -0.147. The SMILES string of the molecule is Cc1ccc(NC(=O)COC(=O)CCCC(=O)Nc2ccc(Oc3ccc(C(C)(C)C)cc3)cc2)c(C)c1. The first-order chi connectivity index (χ1) is 18.0. The number of carbonyl (C=O) groups excluding carboxylic acids is 3. The van der Waals surface area contributed by atoms with Crippen molar-refractivity contribution in [3.05, 3.63) is 83.4 Å². The average molecular weight is 517 g/mol. The van der Waals surface area contributed by atoms with Gasteiger partial charge >= 0.3 is 5.97 Å². The molecule has 0 radical (unpaired) electrons. The summed E-state index contributed by atoms with van der Waals surface area (Å²) in [4.78, 5) is 36.3. The van der Waals surface area contributed by atoms with Crippen LogP contribution in [0.4, 0.5) is 11.4 Å². The van der Waals surface area contributed by atoms with Crippen molar-refractivity contribution in [3.63, 3.8) is 0 Å². The van der Waals surface area contributed by atoms with Crippen molar-refractivity contribution in [2.45, 2.75) is 59.3 Å². The summed E-state index contributed by atoms with van der Waals surface area (Å²) >= 11 is 0. The summed E-state index contributed by atoms with van der Waals surface area (Å²) in [6, 6.07) is 20.8. The van der Waals surface area contributed by atoms with Crippen LogP contribution in [0.5, 0.6) is 11.5 Å². The molecule has 3 rings (SSSR count). The summed E-state index contributed by atoms with van der Waals surface area (Å²) in [6.45, 7) is 9.99. The number of esters is 1. The summed E-state index contributed by atoms with van der Waals surface area (Å²) in [7, 11) is 0. The molecular weight excluding hydrogens is 480 g/mol. The van der Waals surface area contributed by atoms with Gasteiger partial charge in [0.05, 0.1) is 0 Å². The van der Waals surface area contributed by atoms with Crippen LogP contribution in [-0.4, -0.2) is 24.4 Å². The predicted octanol–water partition coefficient (Wildman–Crippen LogP) is 6.68. The van der Waals surface area contributed by atoms with Gasteiger partial charge in [-0.3, -0.25) is 14.4 Å². The van der Waals surface area contributed by atoms with Crippen LogP contribution in [0.3, 0.4) is 0 Å². The van der Waals surface area contributed by atoms with E-state index in [1.54, 1.807) is 24.3 Å². The predicted molar refractivity (Wildman–Crippen MR) is 150 cm³/mol. The topological polar surface area (TPSA) is 93.7 Å². The number of aryl methyl sites for hydroxylation is 2. The Morgan fingerprint density at radius 3 is 2.00 bits per heavy atom. The van der Waals surface area contributed by atoms with Crippen LogP contribution in [0.15, 0.2) is 66.7 Å². The maximum absolute atomic E-state index is 12.2. The molecule has 0 unspecified atom stereocenters. The van der Waals surface area contributed by atoms with E-state index in [0.29, 0.717) is 23.5 Å². The molecule has 3 aromatic rings. The Bertz CT molecular complexity index is 1260. The van der Waals surface area contributed by atoms with Crippen molar-refractivity contribution in [2.75, 3.05) is 17.2 Å². The zero-order valence-electron chi connectivity index (χ0n) is 22.7. The van der Waals surface area contributed by atoms with Crippen molar-refractivity contribution >= 4 is 29.2 Å². The zero-order valence-corrected chi connectivity index (χ0v) is 22.7. The largest absolute Gasteiger partial charge is 0.457 e. The first-order valence-electron chi connectivity index (χ1n) is 12.7. The van der Waals surface area contributed by atoms with E-state index < -0.39 is 11.9 Å². The molecule has 0 heterocycles. The highest BCUT2D eigenvalue weighted by atomic mass is 16.5. The molecule has 0 aliphatic rings. The number of rotatable bonds is 10. The van der Waals surface area contributed by atoms with Gasteiger partial charge in [0.2, 0.25) is 5.91 Å². The van der Waals surface area contributed by atoms with Gasteiger partial charge in [0.1, 0.15) is 11.5 Å². The first kappa shape index (κ1) is 28.4. The molecule has 2 N–H and O–H groups in total. The molecule has 3 aromatic carbocycles. The Balaban J connectivity index is 1.35. The quantitative estimate of drug-likeness (QED) is 0.293. The minimum Gasteiger partial charge on any atom is -0.457 e. The van der Waals surface area contributed by atoms with Crippen LogP contribution in [0, 0.1) is 13.8 Å². The average Bonchev–Trinajstić information content (AvgIpc) is 2.85. The summed E-state index contributed by atoms with van der Waals surface area (Å²) in [5, 5.41) is 5.54. The fourth-order valence-electron chi connectivity index (χ4n) is 3.74. The van der Waals surface area contributed by atoms with E-state index in [1.807, 2.05) is 44.2 Å². The number of ether oxygens (including phenoxy) is 2. The molecule has 0 aliphatic heterocycles. The van der Waals surface area contributed by atoms with Crippen molar-refractivity contribution in [1.29, 1.82) is 0 Å². The summed E-state index contributed by atoms with van der Waals surface area (Å²) in [5.41, 5.74) is 4.66. The van der Waals surface area contributed by atoms with E-state index in [0.717, 1.165) is 16.9 Å². The first-order valence-corrected chi connectivity index (χ1v) is 12.7. The molecule has 7 nitrogen and oxygen atoms in total. The Kier molecular flexibility index (Phi) is 9.66. The van der Waals surface area contributed by atoms with Crippen molar-refractivity contribution < 1.29 is 23.9 Å². The molecule has 0 aromatic heterocycles. The van der Waals surface area contributed by atoms with Crippen LogP contribution in [0.25, 0.3) is 0 Å². The van der Waals surface area contributed by atoms with Gasteiger partial charge in [0, 0.05) is 24.2 Å². The molecule has 0 fully saturated rings. The fraction of sp³-hybridized carbons (Fsp3) is 0.323. The van der Waals surface area contributed by atoms with Crippen molar-refractivity contribution in [3.8, 4) is 11.5 Å². The molecule has 200 valence electrons. The molecule has 0 bridgehead atoms. The minimum atomic E-state index is -0.523. The second-order valence-corrected chi connectivity index (χ2v) is 10.3. The molecule has 0 atom stereocenters. The number of hydrogen-bond acceptors (Lipinski definition) is 5. The second kappa shape index (κ2) is 12.9. The number of carbonyl (C=O) groups is 3. The summed E-state index contributed by atoms with van der Waals surface area (Å²) < 4.78 is 10.9. The molecule has 0 saturated heterocycles. The molecule has 38 heavy (non-hydrogen) atoms.